The fourth-order valence-electron chi connectivity index (χ4n) is 5.04. The summed E-state index contributed by atoms with van der Waals surface area (Å²) in [7, 11) is 0. The predicted octanol–water partition coefficient (Wildman–Crippen LogP) is 6.71. The Hall–Kier alpha value is -4.18. The number of para-hydroxylation sites is 2. The summed E-state index contributed by atoms with van der Waals surface area (Å²) in [4.78, 5) is 38.0. The number of rotatable bonds is 3. The van der Waals surface area contributed by atoms with Gasteiger partial charge in [-0.05, 0) is 47.7 Å². The number of fused-ring (bicyclic) bond motifs is 1. The van der Waals surface area contributed by atoms with E-state index in [9.17, 15) is 32.9 Å². The summed E-state index contributed by atoms with van der Waals surface area (Å²) in [6.45, 7) is 0. The zero-order chi connectivity index (χ0) is 27.2. The van der Waals surface area contributed by atoms with E-state index in [1.165, 1.54) is 60.7 Å². The highest BCUT2D eigenvalue weighted by atomic mass is 35.5. The molecule has 1 aliphatic carbocycles. The zero-order valence-corrected chi connectivity index (χ0v) is 20.3. The second-order valence-electron chi connectivity index (χ2n) is 9.04. The first kappa shape index (κ1) is 25.5. The van der Waals surface area contributed by atoms with Crippen LogP contribution < -0.4 is 10.2 Å². The van der Waals surface area contributed by atoms with Gasteiger partial charge in [0.05, 0.1) is 22.3 Å². The number of halogens is 4. The Kier molecular flexibility index (Phi) is 6.44. The van der Waals surface area contributed by atoms with Gasteiger partial charge in [0.15, 0.2) is 5.78 Å². The molecule has 2 aliphatic rings. The molecule has 1 aliphatic heterocycles. The largest absolute Gasteiger partial charge is 0.471 e. The quantitative estimate of drug-likeness (QED) is 0.294. The van der Waals surface area contributed by atoms with Crippen molar-refractivity contribution >= 4 is 40.4 Å². The summed E-state index contributed by atoms with van der Waals surface area (Å²) in [5.74, 6) is -3.05. The Morgan fingerprint density at radius 3 is 2.39 bits per heavy atom. The Labute approximate surface area is 219 Å². The summed E-state index contributed by atoms with van der Waals surface area (Å²) in [5, 5.41) is 14.7. The van der Waals surface area contributed by atoms with Gasteiger partial charge in [0, 0.05) is 34.8 Å². The summed E-state index contributed by atoms with van der Waals surface area (Å²) < 4.78 is 41.8. The molecule has 7 nitrogen and oxygen atoms in total. The number of nitro groups is 1. The van der Waals surface area contributed by atoms with Crippen LogP contribution in [0.2, 0.25) is 5.02 Å². The van der Waals surface area contributed by atoms with E-state index >= 15 is 0 Å². The Morgan fingerprint density at radius 2 is 1.71 bits per heavy atom. The van der Waals surface area contributed by atoms with Crippen molar-refractivity contribution in [2.24, 2.45) is 0 Å². The number of carbonyl (C=O) groups excluding carboxylic acids is 2. The summed E-state index contributed by atoms with van der Waals surface area (Å²) in [6, 6.07) is 16.5. The molecular weight excluding hydrogens is 523 g/mol. The highest BCUT2D eigenvalue weighted by Crippen LogP contribution is 2.48. The molecule has 1 amide bonds. The molecule has 1 N–H and O–H groups in total. The number of allylic oxidation sites excluding steroid dienone is 1. The third kappa shape index (κ3) is 4.63. The van der Waals surface area contributed by atoms with Gasteiger partial charge in [0.2, 0.25) is 0 Å². The second kappa shape index (κ2) is 9.60. The molecule has 3 aromatic rings. The van der Waals surface area contributed by atoms with Crippen LogP contribution in [0.4, 0.5) is 30.2 Å². The van der Waals surface area contributed by atoms with E-state index in [0.29, 0.717) is 21.2 Å². The molecule has 2 atom stereocenters. The van der Waals surface area contributed by atoms with Crippen LogP contribution in [0.5, 0.6) is 0 Å². The number of alkyl halides is 3. The molecule has 0 saturated carbocycles. The van der Waals surface area contributed by atoms with Gasteiger partial charge in [-0.15, -0.1) is 0 Å². The van der Waals surface area contributed by atoms with Gasteiger partial charge in [-0.1, -0.05) is 48.0 Å². The molecule has 1 heterocycles. The van der Waals surface area contributed by atoms with E-state index in [1.54, 1.807) is 12.1 Å². The maximum absolute atomic E-state index is 13.9. The minimum atomic E-state index is -5.22. The number of amides is 1. The van der Waals surface area contributed by atoms with Gasteiger partial charge >= 0.3 is 12.1 Å². The molecule has 3 aromatic carbocycles. The molecular formula is C27H19ClF3N3O4. The van der Waals surface area contributed by atoms with Gasteiger partial charge in [-0.25, -0.2) is 0 Å². The third-order valence-corrected chi connectivity index (χ3v) is 6.94. The highest BCUT2D eigenvalue weighted by molar-refractivity contribution is 6.30. The van der Waals surface area contributed by atoms with Crippen LogP contribution in [0.15, 0.2) is 84.1 Å². The first-order valence-corrected chi connectivity index (χ1v) is 11.9. The number of carbonyl (C=O) groups is 2. The Bertz CT molecular complexity index is 1490. The van der Waals surface area contributed by atoms with Crippen LogP contribution >= 0.6 is 11.6 Å². The lowest BCUT2D eigenvalue weighted by molar-refractivity contribution is -0.384. The van der Waals surface area contributed by atoms with Gasteiger partial charge in [-0.3, -0.25) is 24.6 Å². The fourth-order valence-corrected chi connectivity index (χ4v) is 5.16. The summed E-state index contributed by atoms with van der Waals surface area (Å²) in [6.07, 6.45) is -5.13. The molecule has 0 bridgehead atoms. The predicted molar refractivity (Wildman–Crippen MR) is 135 cm³/mol. The van der Waals surface area contributed by atoms with Crippen molar-refractivity contribution in [2.45, 2.75) is 31.0 Å². The Balaban J connectivity index is 1.71. The number of Topliss-reactive ketones (excluding diaryl/α,β-unsaturated/α-hetero) is 1. The lowest BCUT2D eigenvalue weighted by Crippen LogP contribution is -2.45. The van der Waals surface area contributed by atoms with Crippen molar-refractivity contribution < 1.29 is 27.7 Å². The van der Waals surface area contributed by atoms with Gasteiger partial charge < -0.3 is 5.32 Å². The maximum Gasteiger partial charge on any atom is 0.471 e. The molecule has 0 aromatic heterocycles. The van der Waals surface area contributed by atoms with Gasteiger partial charge in [0.1, 0.15) is 0 Å². The average Bonchev–Trinajstić information content (AvgIpc) is 3.03. The number of hydrogen-bond acceptors (Lipinski definition) is 5. The third-order valence-electron chi connectivity index (χ3n) is 6.69. The van der Waals surface area contributed by atoms with Crippen LogP contribution in [-0.2, 0) is 9.59 Å². The normalized spacial score (nSPS) is 19.3. The number of anilines is 2. The van der Waals surface area contributed by atoms with Gasteiger partial charge in [0.25, 0.3) is 5.69 Å². The van der Waals surface area contributed by atoms with Crippen molar-refractivity contribution in [1.29, 1.82) is 0 Å². The van der Waals surface area contributed by atoms with E-state index in [1.807, 2.05) is 0 Å². The molecule has 0 spiro atoms. The molecule has 5 rings (SSSR count). The molecule has 0 unspecified atom stereocenters. The molecule has 0 radical (unpaired) electrons. The molecule has 38 heavy (non-hydrogen) atoms. The van der Waals surface area contributed by atoms with Crippen LogP contribution in [-0.4, -0.2) is 22.8 Å². The molecule has 194 valence electrons. The minimum absolute atomic E-state index is 0.0304. The number of ketones is 1. The van der Waals surface area contributed by atoms with E-state index < -0.39 is 34.7 Å². The van der Waals surface area contributed by atoms with E-state index in [2.05, 4.69) is 5.32 Å². The molecule has 11 heteroatoms. The van der Waals surface area contributed by atoms with Crippen LogP contribution in [0, 0.1) is 10.1 Å². The Morgan fingerprint density at radius 1 is 1.00 bits per heavy atom. The van der Waals surface area contributed by atoms with E-state index in [-0.39, 0.29) is 41.0 Å². The van der Waals surface area contributed by atoms with Crippen molar-refractivity contribution in [3.63, 3.8) is 0 Å². The smallest absolute Gasteiger partial charge is 0.357 e. The van der Waals surface area contributed by atoms with Crippen LogP contribution in [0.25, 0.3) is 0 Å². The summed E-state index contributed by atoms with van der Waals surface area (Å²) >= 11 is 6.02. The molecule has 0 saturated heterocycles. The lowest BCUT2D eigenvalue weighted by Gasteiger charge is -2.35. The number of nitrogens with one attached hydrogen (secondary N) is 1. The van der Waals surface area contributed by atoms with Crippen molar-refractivity contribution in [3.05, 3.63) is 110 Å². The first-order chi connectivity index (χ1) is 18.0. The average molecular weight is 542 g/mol. The van der Waals surface area contributed by atoms with Gasteiger partial charge in [-0.2, -0.15) is 13.2 Å². The van der Waals surface area contributed by atoms with E-state index in [4.69, 9.17) is 11.6 Å². The topological polar surface area (TPSA) is 92.5 Å². The number of benzene rings is 3. The number of nitrogens with zero attached hydrogens (tertiary/aromatic N) is 2. The maximum atomic E-state index is 13.9. The SMILES string of the molecule is O=C1C[C@H](c2cccc([N+](=O)[O-])c2)CC2=C1[C@H](c1ccc(Cl)cc1)N(C(=O)C(F)(F)F)c1ccccc1N2. The lowest BCUT2D eigenvalue weighted by atomic mass is 9.78. The first-order valence-electron chi connectivity index (χ1n) is 11.6. The number of non-ortho nitro benzene ring substituents is 1. The second-order valence-corrected chi connectivity index (χ2v) is 9.48. The number of hydrogen-bond donors (Lipinski definition) is 1. The monoisotopic (exact) mass is 541 g/mol. The van der Waals surface area contributed by atoms with Crippen molar-refractivity contribution in [2.75, 3.05) is 10.2 Å². The fraction of sp³-hybridized carbons (Fsp3) is 0.185. The van der Waals surface area contributed by atoms with E-state index in [0.717, 1.165) is 0 Å². The van der Waals surface area contributed by atoms with Crippen molar-refractivity contribution in [3.8, 4) is 0 Å². The standard InChI is InChI=1S/C27H19ClF3N3O4/c28-18-10-8-15(9-11-18)25-24-21(13-17(14-23(24)35)16-4-3-5-19(12-16)34(37)38)32-20-6-1-2-7-22(20)33(25)26(36)27(29,30)31/h1-12,17,25,32H,13-14H2/t17-,25+/m1/s1. The minimum Gasteiger partial charge on any atom is -0.357 e. The zero-order valence-electron chi connectivity index (χ0n) is 19.5. The van der Waals surface area contributed by atoms with Crippen LogP contribution in [0.1, 0.15) is 35.9 Å². The summed E-state index contributed by atoms with van der Waals surface area (Å²) in [5.41, 5.74) is 1.27. The highest BCUT2D eigenvalue weighted by Gasteiger charge is 2.50. The molecule has 0 fully saturated rings. The number of nitro benzene ring substituents is 1. The van der Waals surface area contributed by atoms with Crippen LogP contribution in [0.3, 0.4) is 0 Å². The van der Waals surface area contributed by atoms with Crippen molar-refractivity contribution in [1.82, 2.24) is 0 Å².